The SMILES string of the molecule is CC(C)C(=O)Nc1cccc(NC(=S)NC(=O)c2sc3cc(Cl)ccc3c2Cl)c1. The number of carbonyl (C=O) groups excluding carboxylic acids is 2. The zero-order valence-electron chi connectivity index (χ0n) is 15.5. The average Bonchev–Trinajstić information content (AvgIpc) is 2.97. The van der Waals surface area contributed by atoms with Crippen LogP contribution in [0.4, 0.5) is 11.4 Å². The second kappa shape index (κ2) is 9.09. The summed E-state index contributed by atoms with van der Waals surface area (Å²) in [5.41, 5.74) is 1.26. The largest absolute Gasteiger partial charge is 0.332 e. The lowest BCUT2D eigenvalue weighted by molar-refractivity contribution is -0.118. The van der Waals surface area contributed by atoms with Crippen molar-refractivity contribution < 1.29 is 9.59 Å². The molecule has 0 bridgehead atoms. The lowest BCUT2D eigenvalue weighted by Crippen LogP contribution is -2.33. The summed E-state index contributed by atoms with van der Waals surface area (Å²) >= 11 is 18.8. The number of fused-ring (bicyclic) bond motifs is 1. The molecule has 0 aliphatic heterocycles. The second-order valence-corrected chi connectivity index (χ2v) is 8.79. The zero-order chi connectivity index (χ0) is 21.1. The molecule has 0 aliphatic carbocycles. The molecule has 0 saturated heterocycles. The molecule has 1 heterocycles. The molecule has 0 fully saturated rings. The van der Waals surface area contributed by atoms with Crippen molar-refractivity contribution in [2.45, 2.75) is 13.8 Å². The smallest absolute Gasteiger partial charge is 0.269 e. The molecule has 29 heavy (non-hydrogen) atoms. The van der Waals surface area contributed by atoms with Gasteiger partial charge in [-0.3, -0.25) is 14.9 Å². The number of halogens is 2. The van der Waals surface area contributed by atoms with Gasteiger partial charge in [0.25, 0.3) is 5.91 Å². The first-order chi connectivity index (χ1) is 13.7. The van der Waals surface area contributed by atoms with Crippen molar-refractivity contribution in [3.63, 3.8) is 0 Å². The Hall–Kier alpha value is -2.19. The highest BCUT2D eigenvalue weighted by Crippen LogP contribution is 2.36. The highest BCUT2D eigenvalue weighted by atomic mass is 35.5. The fraction of sp³-hybridized carbons (Fsp3) is 0.150. The van der Waals surface area contributed by atoms with Gasteiger partial charge in [0.05, 0.1) is 5.02 Å². The first-order valence-corrected chi connectivity index (χ1v) is 10.6. The van der Waals surface area contributed by atoms with E-state index in [0.717, 1.165) is 10.1 Å². The number of carbonyl (C=O) groups is 2. The molecule has 5 nitrogen and oxygen atoms in total. The van der Waals surface area contributed by atoms with Crippen LogP contribution in [0.25, 0.3) is 10.1 Å². The third-order valence-corrected chi connectivity index (χ3v) is 6.03. The van der Waals surface area contributed by atoms with E-state index in [2.05, 4.69) is 16.0 Å². The van der Waals surface area contributed by atoms with E-state index in [1.165, 1.54) is 11.3 Å². The maximum atomic E-state index is 12.6. The maximum absolute atomic E-state index is 12.6. The molecule has 0 unspecified atom stereocenters. The number of thiocarbonyl (C=S) groups is 1. The third-order valence-electron chi connectivity index (χ3n) is 3.94. The Labute approximate surface area is 187 Å². The zero-order valence-corrected chi connectivity index (χ0v) is 18.7. The van der Waals surface area contributed by atoms with E-state index in [-0.39, 0.29) is 16.9 Å². The van der Waals surface area contributed by atoms with E-state index in [1.807, 2.05) is 13.8 Å². The van der Waals surface area contributed by atoms with Crippen LogP contribution in [0.5, 0.6) is 0 Å². The van der Waals surface area contributed by atoms with Crippen molar-refractivity contribution in [2.24, 2.45) is 5.92 Å². The summed E-state index contributed by atoms with van der Waals surface area (Å²) in [6.45, 7) is 3.63. The van der Waals surface area contributed by atoms with Gasteiger partial charge in [-0.2, -0.15) is 0 Å². The second-order valence-electron chi connectivity index (χ2n) is 6.52. The third kappa shape index (κ3) is 5.25. The van der Waals surface area contributed by atoms with E-state index in [1.54, 1.807) is 42.5 Å². The lowest BCUT2D eigenvalue weighted by Gasteiger charge is -2.12. The number of amides is 2. The van der Waals surface area contributed by atoms with Gasteiger partial charge in [0.15, 0.2) is 5.11 Å². The number of benzene rings is 2. The molecule has 9 heteroatoms. The van der Waals surface area contributed by atoms with Gasteiger partial charge in [-0.25, -0.2) is 0 Å². The van der Waals surface area contributed by atoms with Gasteiger partial charge in [0, 0.05) is 32.4 Å². The Bertz CT molecular complexity index is 1110. The van der Waals surface area contributed by atoms with Crippen LogP contribution >= 0.6 is 46.8 Å². The standard InChI is InChI=1S/C20H17Cl2N3O2S2/c1-10(2)18(26)23-12-4-3-5-13(9-12)24-20(28)25-19(27)17-16(22)14-7-6-11(21)8-15(14)29-17/h3-10H,1-2H3,(H,23,26)(H2,24,25,27,28). The summed E-state index contributed by atoms with van der Waals surface area (Å²) in [5, 5.41) is 10.2. The normalized spacial score (nSPS) is 10.8. The Kier molecular flexibility index (Phi) is 6.74. The summed E-state index contributed by atoms with van der Waals surface area (Å²) in [6, 6.07) is 12.3. The molecular formula is C20H17Cl2N3O2S2. The minimum absolute atomic E-state index is 0.0856. The Morgan fingerprint density at radius 3 is 2.41 bits per heavy atom. The molecule has 3 aromatic rings. The summed E-state index contributed by atoms with van der Waals surface area (Å²) in [6.07, 6.45) is 0. The van der Waals surface area contributed by atoms with E-state index < -0.39 is 5.91 Å². The Balaban J connectivity index is 1.69. The minimum Gasteiger partial charge on any atom is -0.332 e. The average molecular weight is 466 g/mol. The summed E-state index contributed by atoms with van der Waals surface area (Å²) in [4.78, 5) is 24.8. The molecule has 0 atom stereocenters. The summed E-state index contributed by atoms with van der Waals surface area (Å²) in [5.74, 6) is -0.625. The molecule has 3 N–H and O–H groups in total. The quantitative estimate of drug-likeness (QED) is 0.417. The molecular weight excluding hydrogens is 449 g/mol. The highest BCUT2D eigenvalue weighted by molar-refractivity contribution is 7.80. The first-order valence-electron chi connectivity index (χ1n) is 8.65. The van der Waals surface area contributed by atoms with E-state index in [0.29, 0.717) is 26.3 Å². The van der Waals surface area contributed by atoms with Crippen LogP contribution in [-0.4, -0.2) is 16.9 Å². The predicted octanol–water partition coefficient (Wildman–Crippen LogP) is 5.93. The lowest BCUT2D eigenvalue weighted by atomic mass is 10.2. The number of thiophene rings is 1. The molecule has 0 aliphatic rings. The molecule has 1 aromatic heterocycles. The van der Waals surface area contributed by atoms with Crippen molar-refractivity contribution in [1.29, 1.82) is 0 Å². The van der Waals surface area contributed by atoms with Crippen LogP contribution in [0.3, 0.4) is 0 Å². The van der Waals surface area contributed by atoms with Crippen molar-refractivity contribution in [3.05, 3.63) is 57.4 Å². The molecule has 2 aromatic carbocycles. The van der Waals surface area contributed by atoms with Crippen LogP contribution in [0.2, 0.25) is 10.0 Å². The van der Waals surface area contributed by atoms with Crippen LogP contribution < -0.4 is 16.0 Å². The minimum atomic E-state index is -0.408. The van der Waals surface area contributed by atoms with E-state index in [4.69, 9.17) is 35.4 Å². The fourth-order valence-corrected chi connectivity index (χ4v) is 4.37. The van der Waals surface area contributed by atoms with Gasteiger partial charge in [0.2, 0.25) is 5.91 Å². The van der Waals surface area contributed by atoms with Crippen LogP contribution in [0, 0.1) is 5.92 Å². The van der Waals surface area contributed by atoms with Gasteiger partial charge in [-0.15, -0.1) is 11.3 Å². The van der Waals surface area contributed by atoms with Gasteiger partial charge >= 0.3 is 0 Å². The molecule has 150 valence electrons. The Morgan fingerprint density at radius 1 is 1.03 bits per heavy atom. The van der Waals surface area contributed by atoms with Crippen molar-refractivity contribution >= 4 is 85.1 Å². The number of nitrogens with one attached hydrogen (secondary N) is 3. The molecule has 0 saturated carbocycles. The molecule has 0 spiro atoms. The molecule has 3 rings (SSSR count). The van der Waals surface area contributed by atoms with Gasteiger partial charge in [-0.05, 0) is 42.5 Å². The van der Waals surface area contributed by atoms with Gasteiger partial charge < -0.3 is 10.6 Å². The monoisotopic (exact) mass is 465 g/mol. The predicted molar refractivity (Wildman–Crippen MR) is 125 cm³/mol. The summed E-state index contributed by atoms with van der Waals surface area (Å²) < 4.78 is 0.820. The fourth-order valence-electron chi connectivity index (χ4n) is 2.47. The van der Waals surface area contributed by atoms with Gasteiger partial charge in [0.1, 0.15) is 4.88 Å². The number of anilines is 2. The van der Waals surface area contributed by atoms with Crippen molar-refractivity contribution in [3.8, 4) is 0 Å². The molecule has 2 amide bonds. The van der Waals surface area contributed by atoms with Crippen molar-refractivity contribution in [2.75, 3.05) is 10.6 Å². The van der Waals surface area contributed by atoms with Gasteiger partial charge in [-0.1, -0.05) is 49.2 Å². The maximum Gasteiger partial charge on any atom is 0.269 e. The number of hydrogen-bond acceptors (Lipinski definition) is 4. The van der Waals surface area contributed by atoms with Crippen LogP contribution in [0.1, 0.15) is 23.5 Å². The van der Waals surface area contributed by atoms with Crippen LogP contribution in [0.15, 0.2) is 42.5 Å². The number of rotatable bonds is 4. The highest BCUT2D eigenvalue weighted by Gasteiger charge is 2.18. The Morgan fingerprint density at radius 2 is 1.72 bits per heavy atom. The van der Waals surface area contributed by atoms with E-state index in [9.17, 15) is 9.59 Å². The molecule has 0 radical (unpaired) electrons. The topological polar surface area (TPSA) is 70.2 Å². The van der Waals surface area contributed by atoms with Crippen molar-refractivity contribution in [1.82, 2.24) is 5.32 Å². The first kappa shape index (κ1) is 21.5. The number of hydrogen-bond donors (Lipinski definition) is 3. The van der Waals surface area contributed by atoms with Crippen LogP contribution in [-0.2, 0) is 4.79 Å². The van der Waals surface area contributed by atoms with E-state index >= 15 is 0 Å². The summed E-state index contributed by atoms with van der Waals surface area (Å²) in [7, 11) is 0.